The number of imide groups is 1. The lowest BCUT2D eigenvalue weighted by Gasteiger charge is -2.23. The van der Waals surface area contributed by atoms with Crippen LogP contribution in [0.15, 0.2) is 22.6 Å². The summed E-state index contributed by atoms with van der Waals surface area (Å²) in [5.74, 6) is -1.84. The predicted molar refractivity (Wildman–Crippen MR) is 78.8 cm³/mol. The summed E-state index contributed by atoms with van der Waals surface area (Å²) in [7, 11) is 0. The summed E-state index contributed by atoms with van der Waals surface area (Å²) in [5, 5.41) is 2.36. The first-order chi connectivity index (χ1) is 11.2. The molecule has 0 saturated carbocycles. The topological polar surface area (TPSA) is 75.4 Å². The average molecular weight is 335 g/mol. The Morgan fingerprint density at radius 2 is 1.88 bits per heavy atom. The number of nitrogens with one attached hydrogen (secondary N) is 1. The van der Waals surface area contributed by atoms with Gasteiger partial charge in [0.1, 0.15) is 29.5 Å². The van der Waals surface area contributed by atoms with Crippen molar-refractivity contribution in [2.75, 3.05) is 0 Å². The van der Waals surface area contributed by atoms with Gasteiger partial charge in [0.05, 0.1) is 11.3 Å². The summed E-state index contributed by atoms with van der Waals surface area (Å²) in [6, 6.07) is 2.49. The number of aryl methyl sites for hydroxylation is 2. The first-order valence-electron chi connectivity index (χ1n) is 7.25. The Morgan fingerprint density at radius 1 is 1.25 bits per heavy atom. The number of hydrogen-bond donors (Lipinski definition) is 1. The van der Waals surface area contributed by atoms with Gasteiger partial charge in [0.25, 0.3) is 5.91 Å². The van der Waals surface area contributed by atoms with Crippen molar-refractivity contribution in [2.24, 2.45) is 0 Å². The molecule has 1 aliphatic heterocycles. The van der Waals surface area contributed by atoms with Gasteiger partial charge in [0.2, 0.25) is 5.89 Å². The fourth-order valence-corrected chi connectivity index (χ4v) is 2.73. The molecule has 1 atom stereocenters. The highest BCUT2D eigenvalue weighted by Gasteiger charge is 2.51. The number of aromatic nitrogens is 1. The van der Waals surface area contributed by atoms with Crippen molar-refractivity contribution in [3.8, 4) is 0 Å². The van der Waals surface area contributed by atoms with Crippen LogP contribution in [-0.4, -0.2) is 21.8 Å². The molecule has 1 aromatic heterocycles. The minimum Gasteiger partial charge on any atom is -0.444 e. The second-order valence-corrected chi connectivity index (χ2v) is 5.79. The molecule has 126 valence electrons. The van der Waals surface area contributed by atoms with Gasteiger partial charge in [-0.05, 0) is 32.9 Å². The number of oxazole rings is 1. The summed E-state index contributed by atoms with van der Waals surface area (Å²) in [4.78, 5) is 29.8. The van der Waals surface area contributed by atoms with E-state index in [0.29, 0.717) is 11.5 Å². The zero-order chi connectivity index (χ0) is 17.6. The quantitative estimate of drug-likeness (QED) is 0.875. The molecule has 3 rings (SSSR count). The lowest BCUT2D eigenvalue weighted by atomic mass is 9.91. The molecule has 1 aromatic carbocycles. The molecule has 1 fully saturated rings. The van der Waals surface area contributed by atoms with E-state index in [2.05, 4.69) is 10.3 Å². The van der Waals surface area contributed by atoms with Gasteiger partial charge in [0, 0.05) is 0 Å². The van der Waals surface area contributed by atoms with Crippen molar-refractivity contribution < 1.29 is 22.8 Å². The number of halogens is 2. The maximum Gasteiger partial charge on any atom is 0.325 e. The number of carbonyl (C=O) groups excluding carboxylic acids is 2. The van der Waals surface area contributed by atoms with Crippen molar-refractivity contribution in [3.05, 3.63) is 52.7 Å². The van der Waals surface area contributed by atoms with Crippen LogP contribution in [-0.2, 0) is 16.9 Å². The number of carbonyl (C=O) groups is 2. The normalized spacial score (nSPS) is 20.6. The van der Waals surface area contributed by atoms with E-state index < -0.39 is 34.7 Å². The molecule has 8 heteroatoms. The summed E-state index contributed by atoms with van der Waals surface area (Å²) in [6.45, 7) is 4.48. The standard InChI is InChI=1S/C16H15F2N3O3/c1-8-9(2)24-12(19-8)7-21-14(22)16(3,20-15(21)23)13-10(17)5-4-6-11(13)18/h4-6H,7H2,1-3H3,(H,20,23)/t16-/m1/s1. The van der Waals surface area contributed by atoms with E-state index in [0.717, 1.165) is 17.0 Å². The number of amides is 3. The van der Waals surface area contributed by atoms with Gasteiger partial charge < -0.3 is 9.73 Å². The van der Waals surface area contributed by atoms with Crippen molar-refractivity contribution >= 4 is 11.9 Å². The molecular weight excluding hydrogens is 320 g/mol. The molecule has 1 aliphatic rings. The number of urea groups is 1. The molecule has 0 bridgehead atoms. The van der Waals surface area contributed by atoms with Crippen molar-refractivity contribution in [1.29, 1.82) is 0 Å². The summed E-state index contributed by atoms with van der Waals surface area (Å²) >= 11 is 0. The Bertz CT molecular complexity index is 809. The van der Waals surface area contributed by atoms with Gasteiger partial charge in [-0.2, -0.15) is 0 Å². The molecule has 1 saturated heterocycles. The van der Waals surface area contributed by atoms with E-state index in [4.69, 9.17) is 4.42 Å². The number of benzene rings is 1. The van der Waals surface area contributed by atoms with Crippen molar-refractivity contribution in [3.63, 3.8) is 0 Å². The van der Waals surface area contributed by atoms with Crippen LogP contribution in [0.2, 0.25) is 0 Å². The molecule has 0 aliphatic carbocycles. The van der Waals surface area contributed by atoms with Gasteiger partial charge >= 0.3 is 6.03 Å². The fourth-order valence-electron chi connectivity index (χ4n) is 2.73. The largest absolute Gasteiger partial charge is 0.444 e. The van der Waals surface area contributed by atoms with E-state index in [-0.39, 0.29) is 12.4 Å². The first kappa shape index (κ1) is 16.1. The second kappa shape index (κ2) is 5.40. The Kier molecular flexibility index (Phi) is 3.62. The molecule has 24 heavy (non-hydrogen) atoms. The molecule has 0 spiro atoms. The zero-order valence-electron chi connectivity index (χ0n) is 13.3. The molecule has 1 N–H and O–H groups in total. The van der Waals surface area contributed by atoms with Crippen LogP contribution >= 0.6 is 0 Å². The maximum absolute atomic E-state index is 14.1. The third-order valence-electron chi connectivity index (χ3n) is 4.10. The van der Waals surface area contributed by atoms with Crippen molar-refractivity contribution in [1.82, 2.24) is 15.2 Å². The highest BCUT2D eigenvalue weighted by atomic mass is 19.1. The molecule has 0 radical (unpaired) electrons. The SMILES string of the molecule is Cc1nc(CN2C(=O)N[C@](C)(c3c(F)cccc3F)C2=O)oc1C. The second-order valence-electron chi connectivity index (χ2n) is 5.79. The molecule has 6 nitrogen and oxygen atoms in total. The van der Waals surface area contributed by atoms with Gasteiger partial charge in [-0.25, -0.2) is 18.6 Å². The minimum atomic E-state index is -1.83. The number of rotatable bonds is 3. The zero-order valence-corrected chi connectivity index (χ0v) is 13.3. The van der Waals surface area contributed by atoms with E-state index in [1.165, 1.54) is 13.0 Å². The van der Waals surface area contributed by atoms with E-state index >= 15 is 0 Å². The Labute approximate surface area is 136 Å². The molecule has 3 amide bonds. The van der Waals surface area contributed by atoms with Crippen LogP contribution in [0.4, 0.5) is 13.6 Å². The third kappa shape index (κ3) is 2.34. The minimum absolute atomic E-state index is 0.173. The number of nitrogens with zero attached hydrogens (tertiary/aromatic N) is 2. The lowest BCUT2D eigenvalue weighted by Crippen LogP contribution is -2.42. The first-order valence-corrected chi connectivity index (χ1v) is 7.25. The van der Waals surface area contributed by atoms with Crippen LogP contribution < -0.4 is 5.32 Å². The van der Waals surface area contributed by atoms with E-state index in [1.807, 2.05) is 0 Å². The van der Waals surface area contributed by atoms with Gasteiger partial charge in [0.15, 0.2) is 0 Å². The van der Waals surface area contributed by atoms with E-state index in [1.54, 1.807) is 13.8 Å². The number of hydrogen-bond acceptors (Lipinski definition) is 4. The summed E-state index contributed by atoms with van der Waals surface area (Å²) in [6.07, 6.45) is 0. The van der Waals surface area contributed by atoms with Crippen LogP contribution in [0, 0.1) is 25.5 Å². The molecule has 2 heterocycles. The van der Waals surface area contributed by atoms with Crippen molar-refractivity contribution in [2.45, 2.75) is 32.9 Å². The predicted octanol–water partition coefficient (Wildman–Crippen LogP) is 2.54. The van der Waals surface area contributed by atoms with Crippen LogP contribution in [0.1, 0.15) is 29.8 Å². The Morgan fingerprint density at radius 3 is 2.42 bits per heavy atom. The lowest BCUT2D eigenvalue weighted by molar-refractivity contribution is -0.131. The van der Waals surface area contributed by atoms with Gasteiger partial charge in [-0.1, -0.05) is 6.07 Å². The third-order valence-corrected chi connectivity index (χ3v) is 4.10. The van der Waals surface area contributed by atoms with Crippen LogP contribution in [0.25, 0.3) is 0 Å². The molecule has 2 aromatic rings. The highest BCUT2D eigenvalue weighted by molar-refractivity contribution is 6.07. The Hall–Kier alpha value is -2.77. The van der Waals surface area contributed by atoms with E-state index in [9.17, 15) is 18.4 Å². The fraction of sp³-hybridized carbons (Fsp3) is 0.312. The molecular formula is C16H15F2N3O3. The Balaban J connectivity index is 1.96. The summed E-state index contributed by atoms with van der Waals surface area (Å²) in [5.41, 5.74) is -1.69. The van der Waals surface area contributed by atoms with Crippen LogP contribution in [0.5, 0.6) is 0 Å². The monoisotopic (exact) mass is 335 g/mol. The van der Waals surface area contributed by atoms with Gasteiger partial charge in [-0.3, -0.25) is 9.69 Å². The average Bonchev–Trinajstić information content (AvgIpc) is 2.91. The summed E-state index contributed by atoms with van der Waals surface area (Å²) < 4.78 is 33.5. The molecule has 0 unspecified atom stereocenters. The van der Waals surface area contributed by atoms with Gasteiger partial charge in [-0.15, -0.1) is 0 Å². The van der Waals surface area contributed by atoms with Crippen LogP contribution in [0.3, 0.4) is 0 Å². The smallest absolute Gasteiger partial charge is 0.325 e. The highest BCUT2D eigenvalue weighted by Crippen LogP contribution is 2.33. The maximum atomic E-state index is 14.1.